The van der Waals surface area contributed by atoms with Crippen LogP contribution in [-0.4, -0.2) is 26.9 Å². The molecular formula is C25H22N4O2. The van der Waals surface area contributed by atoms with Crippen molar-refractivity contribution in [3.05, 3.63) is 106 Å². The molecule has 31 heavy (non-hydrogen) atoms. The molecule has 1 aromatic heterocycles. The summed E-state index contributed by atoms with van der Waals surface area (Å²) >= 11 is 0. The first kappa shape index (κ1) is 20.2. The highest BCUT2D eigenvalue weighted by molar-refractivity contribution is 6.15. The zero-order valence-corrected chi connectivity index (χ0v) is 17.3. The van der Waals surface area contributed by atoms with E-state index in [0.29, 0.717) is 28.3 Å². The minimum atomic E-state index is -0.341. The van der Waals surface area contributed by atoms with Crippen molar-refractivity contribution in [3.8, 4) is 11.4 Å². The predicted octanol–water partition coefficient (Wildman–Crippen LogP) is 4.25. The highest BCUT2D eigenvalue weighted by Gasteiger charge is 2.19. The van der Waals surface area contributed by atoms with E-state index in [2.05, 4.69) is 20.5 Å². The van der Waals surface area contributed by atoms with Crippen LogP contribution in [0.25, 0.3) is 11.4 Å². The van der Waals surface area contributed by atoms with E-state index in [1.54, 1.807) is 24.3 Å². The number of aromatic nitrogens is 3. The fraction of sp³-hybridized carbons (Fsp3) is 0.120. The number of aromatic amines is 1. The summed E-state index contributed by atoms with van der Waals surface area (Å²) < 4.78 is 0. The summed E-state index contributed by atoms with van der Waals surface area (Å²) in [5.41, 5.74) is 4.06. The molecule has 6 nitrogen and oxygen atoms in total. The van der Waals surface area contributed by atoms with E-state index in [4.69, 9.17) is 0 Å². The Labute approximate surface area is 180 Å². The standard InChI is InChI=1S/C25H22N4O2/c1-16-12-13-17(2)21(14-16)23(30)19-10-6-7-11-20(19)25(31)26-15-22-27-24(29-28-22)18-8-4-3-5-9-18/h3-14H,15H2,1-2H3,(H,26,31)(H,27,28,29). The number of ketones is 1. The van der Waals surface area contributed by atoms with Gasteiger partial charge in [-0.05, 0) is 31.5 Å². The van der Waals surface area contributed by atoms with Gasteiger partial charge in [-0.1, -0.05) is 66.2 Å². The lowest BCUT2D eigenvalue weighted by atomic mass is 9.94. The molecule has 0 radical (unpaired) electrons. The number of carbonyl (C=O) groups is 2. The Kier molecular flexibility index (Phi) is 5.71. The SMILES string of the molecule is Cc1ccc(C)c(C(=O)c2ccccc2C(=O)NCc2nc(-c3ccccc3)n[nH]2)c1. The van der Waals surface area contributed by atoms with Gasteiger partial charge in [0.1, 0.15) is 5.82 Å². The predicted molar refractivity (Wildman–Crippen MR) is 119 cm³/mol. The highest BCUT2D eigenvalue weighted by Crippen LogP contribution is 2.19. The van der Waals surface area contributed by atoms with Gasteiger partial charge >= 0.3 is 0 Å². The number of carbonyl (C=O) groups excluding carboxylic acids is 2. The molecule has 2 N–H and O–H groups in total. The Morgan fingerprint density at radius 3 is 2.35 bits per heavy atom. The third kappa shape index (κ3) is 4.43. The Hall–Kier alpha value is -4.06. The number of benzene rings is 3. The van der Waals surface area contributed by atoms with E-state index in [1.165, 1.54) is 0 Å². The number of rotatable bonds is 6. The maximum Gasteiger partial charge on any atom is 0.252 e. The second-order valence-corrected chi connectivity index (χ2v) is 7.35. The lowest BCUT2D eigenvalue weighted by molar-refractivity contribution is 0.0938. The fourth-order valence-electron chi connectivity index (χ4n) is 3.35. The molecule has 0 atom stereocenters. The Bertz CT molecular complexity index is 1250. The van der Waals surface area contributed by atoms with Gasteiger partial charge in [-0.15, -0.1) is 0 Å². The van der Waals surface area contributed by atoms with E-state index >= 15 is 0 Å². The van der Waals surface area contributed by atoms with Crippen LogP contribution in [0.3, 0.4) is 0 Å². The molecule has 3 aromatic carbocycles. The number of nitrogens with one attached hydrogen (secondary N) is 2. The van der Waals surface area contributed by atoms with Gasteiger partial charge in [0.2, 0.25) is 0 Å². The minimum Gasteiger partial charge on any atom is -0.345 e. The number of aryl methyl sites for hydroxylation is 2. The van der Waals surface area contributed by atoms with Crippen molar-refractivity contribution in [2.75, 3.05) is 0 Å². The Balaban J connectivity index is 1.52. The molecule has 154 valence electrons. The summed E-state index contributed by atoms with van der Waals surface area (Å²) in [5, 5.41) is 9.87. The van der Waals surface area contributed by atoms with Crippen molar-refractivity contribution in [1.29, 1.82) is 0 Å². The van der Waals surface area contributed by atoms with Crippen LogP contribution in [0.1, 0.15) is 43.2 Å². The number of hydrogen-bond acceptors (Lipinski definition) is 4. The van der Waals surface area contributed by atoms with Crippen molar-refractivity contribution in [2.24, 2.45) is 0 Å². The molecule has 0 bridgehead atoms. The van der Waals surface area contributed by atoms with Crippen LogP contribution in [0.2, 0.25) is 0 Å². The van der Waals surface area contributed by atoms with Crippen LogP contribution in [0, 0.1) is 13.8 Å². The van der Waals surface area contributed by atoms with Gasteiger partial charge in [-0.3, -0.25) is 14.7 Å². The van der Waals surface area contributed by atoms with Crippen molar-refractivity contribution >= 4 is 11.7 Å². The van der Waals surface area contributed by atoms with Gasteiger partial charge in [0.05, 0.1) is 12.1 Å². The van der Waals surface area contributed by atoms with Gasteiger partial charge < -0.3 is 5.32 Å². The lowest BCUT2D eigenvalue weighted by Crippen LogP contribution is -2.25. The maximum atomic E-state index is 13.2. The molecule has 0 unspecified atom stereocenters. The molecule has 0 aliphatic carbocycles. The molecule has 0 saturated heterocycles. The number of amides is 1. The first-order chi connectivity index (χ1) is 15.0. The average Bonchev–Trinajstić information content (AvgIpc) is 3.28. The molecule has 0 spiro atoms. The monoisotopic (exact) mass is 410 g/mol. The van der Waals surface area contributed by atoms with Gasteiger partial charge in [0.15, 0.2) is 11.6 Å². The van der Waals surface area contributed by atoms with Crippen molar-refractivity contribution in [3.63, 3.8) is 0 Å². The molecule has 0 saturated carbocycles. The van der Waals surface area contributed by atoms with E-state index in [-0.39, 0.29) is 18.2 Å². The third-order valence-electron chi connectivity index (χ3n) is 5.03. The second kappa shape index (κ2) is 8.75. The summed E-state index contributed by atoms with van der Waals surface area (Å²) in [6, 6.07) is 22.2. The topological polar surface area (TPSA) is 87.7 Å². The first-order valence-electron chi connectivity index (χ1n) is 9.99. The van der Waals surface area contributed by atoms with Crippen LogP contribution in [0.4, 0.5) is 0 Å². The smallest absolute Gasteiger partial charge is 0.252 e. The van der Waals surface area contributed by atoms with E-state index in [9.17, 15) is 9.59 Å². The molecular weight excluding hydrogens is 388 g/mol. The zero-order chi connectivity index (χ0) is 21.8. The molecule has 4 rings (SSSR count). The lowest BCUT2D eigenvalue weighted by Gasteiger charge is -2.11. The molecule has 0 fully saturated rings. The molecule has 0 aliphatic heterocycles. The van der Waals surface area contributed by atoms with Crippen LogP contribution < -0.4 is 5.32 Å². The second-order valence-electron chi connectivity index (χ2n) is 7.35. The van der Waals surface area contributed by atoms with Gasteiger partial charge in [0.25, 0.3) is 5.91 Å². The molecule has 6 heteroatoms. The van der Waals surface area contributed by atoms with Crippen LogP contribution in [0.15, 0.2) is 72.8 Å². The van der Waals surface area contributed by atoms with E-state index < -0.39 is 0 Å². The van der Waals surface area contributed by atoms with Crippen molar-refractivity contribution in [1.82, 2.24) is 20.5 Å². The number of nitrogens with zero attached hydrogens (tertiary/aromatic N) is 2. The third-order valence-corrected chi connectivity index (χ3v) is 5.03. The van der Waals surface area contributed by atoms with Gasteiger partial charge in [-0.2, -0.15) is 5.10 Å². The Morgan fingerprint density at radius 1 is 0.871 bits per heavy atom. The number of H-pyrrole nitrogens is 1. The van der Waals surface area contributed by atoms with E-state index in [1.807, 2.05) is 62.4 Å². The summed E-state index contributed by atoms with van der Waals surface area (Å²) in [7, 11) is 0. The molecule has 1 amide bonds. The Morgan fingerprint density at radius 2 is 1.58 bits per heavy atom. The number of hydrogen-bond donors (Lipinski definition) is 2. The highest BCUT2D eigenvalue weighted by atomic mass is 16.2. The largest absolute Gasteiger partial charge is 0.345 e. The summed E-state index contributed by atoms with van der Waals surface area (Å²) in [5.74, 6) is 0.589. The quantitative estimate of drug-likeness (QED) is 0.465. The summed E-state index contributed by atoms with van der Waals surface area (Å²) in [6.07, 6.45) is 0. The van der Waals surface area contributed by atoms with Crippen molar-refractivity contribution in [2.45, 2.75) is 20.4 Å². The van der Waals surface area contributed by atoms with Crippen LogP contribution in [0.5, 0.6) is 0 Å². The minimum absolute atomic E-state index is 0.169. The summed E-state index contributed by atoms with van der Waals surface area (Å²) in [4.78, 5) is 30.5. The maximum absolute atomic E-state index is 13.2. The molecule has 4 aromatic rings. The average molecular weight is 410 g/mol. The zero-order valence-electron chi connectivity index (χ0n) is 17.3. The van der Waals surface area contributed by atoms with E-state index in [0.717, 1.165) is 16.7 Å². The summed E-state index contributed by atoms with van der Waals surface area (Å²) in [6.45, 7) is 4.00. The normalized spacial score (nSPS) is 10.6. The van der Waals surface area contributed by atoms with Gasteiger partial charge in [0, 0.05) is 16.7 Å². The molecule has 0 aliphatic rings. The van der Waals surface area contributed by atoms with Crippen LogP contribution >= 0.6 is 0 Å². The van der Waals surface area contributed by atoms with Gasteiger partial charge in [-0.25, -0.2) is 4.98 Å². The van der Waals surface area contributed by atoms with Crippen LogP contribution in [-0.2, 0) is 6.54 Å². The fourth-order valence-corrected chi connectivity index (χ4v) is 3.35. The van der Waals surface area contributed by atoms with Crippen molar-refractivity contribution < 1.29 is 9.59 Å². The first-order valence-corrected chi connectivity index (χ1v) is 9.99. The molecule has 1 heterocycles.